The maximum atomic E-state index is 12.4. The first-order valence-corrected chi connectivity index (χ1v) is 7.65. The van der Waals surface area contributed by atoms with Crippen LogP contribution in [0.2, 0.25) is 0 Å². The predicted molar refractivity (Wildman–Crippen MR) is 79.3 cm³/mol. The molecule has 112 valence electrons. The highest BCUT2D eigenvalue weighted by molar-refractivity contribution is 9.10. The Morgan fingerprint density at radius 2 is 2.05 bits per heavy atom. The summed E-state index contributed by atoms with van der Waals surface area (Å²) in [6.07, 6.45) is 3.17. The molecule has 7 heteroatoms. The van der Waals surface area contributed by atoms with Gasteiger partial charge in [0.25, 0.3) is 0 Å². The van der Waals surface area contributed by atoms with Crippen LogP contribution in [0.4, 0.5) is 0 Å². The molecule has 2 heterocycles. The number of halogens is 1. The lowest BCUT2D eigenvalue weighted by atomic mass is 10.2. The Hall–Kier alpha value is -0.920. The largest absolute Gasteiger partial charge is 0.392 e. The molecule has 1 amide bonds. The van der Waals surface area contributed by atoms with Gasteiger partial charge in [0.2, 0.25) is 5.91 Å². The average molecular weight is 345 g/mol. The average Bonchev–Trinajstić information content (AvgIpc) is 2.84. The molecule has 1 saturated heterocycles. The predicted octanol–water partition coefficient (Wildman–Crippen LogP) is 0.732. The fraction of sp³-hybridized carbons (Fsp3) is 0.692. The zero-order chi connectivity index (χ0) is 14.7. The van der Waals surface area contributed by atoms with Crippen LogP contribution in [0.3, 0.4) is 0 Å². The quantitative estimate of drug-likeness (QED) is 0.874. The molecule has 2 rings (SSSR count). The molecule has 1 aliphatic rings. The minimum Gasteiger partial charge on any atom is -0.392 e. The third kappa shape index (κ3) is 3.80. The van der Waals surface area contributed by atoms with E-state index in [2.05, 4.69) is 25.9 Å². The number of carbonyl (C=O) groups excluding carboxylic acids is 1. The third-order valence-corrected chi connectivity index (χ3v) is 3.94. The van der Waals surface area contributed by atoms with E-state index < -0.39 is 0 Å². The molecular formula is C13H21BrN4O2. The number of aliphatic hydroxyl groups excluding tert-OH is 1. The van der Waals surface area contributed by atoms with Crippen molar-refractivity contribution < 1.29 is 9.90 Å². The summed E-state index contributed by atoms with van der Waals surface area (Å²) in [4.78, 5) is 16.5. The normalized spacial score (nSPS) is 19.9. The number of hydrogen-bond acceptors (Lipinski definition) is 4. The van der Waals surface area contributed by atoms with E-state index in [0.29, 0.717) is 19.6 Å². The van der Waals surface area contributed by atoms with E-state index >= 15 is 0 Å². The van der Waals surface area contributed by atoms with E-state index in [1.807, 2.05) is 18.0 Å². The van der Waals surface area contributed by atoms with Gasteiger partial charge >= 0.3 is 0 Å². The number of piperazine rings is 1. The highest BCUT2D eigenvalue weighted by Crippen LogP contribution is 2.15. The van der Waals surface area contributed by atoms with Crippen molar-refractivity contribution in [3.8, 4) is 0 Å². The summed E-state index contributed by atoms with van der Waals surface area (Å²) in [5, 5.41) is 13.5. The third-order valence-electron chi connectivity index (χ3n) is 3.53. The summed E-state index contributed by atoms with van der Waals surface area (Å²) in [6, 6.07) is -0.287. The van der Waals surface area contributed by atoms with Crippen molar-refractivity contribution in [3.05, 3.63) is 16.9 Å². The van der Waals surface area contributed by atoms with Crippen LogP contribution in [-0.4, -0.2) is 69.4 Å². The fourth-order valence-electron chi connectivity index (χ4n) is 2.43. The summed E-state index contributed by atoms with van der Waals surface area (Å²) in [6.45, 7) is 7.36. The van der Waals surface area contributed by atoms with Crippen molar-refractivity contribution in [1.29, 1.82) is 0 Å². The van der Waals surface area contributed by atoms with Crippen molar-refractivity contribution in [1.82, 2.24) is 19.6 Å². The second kappa shape index (κ2) is 6.69. The smallest absolute Gasteiger partial charge is 0.247 e. The van der Waals surface area contributed by atoms with Crippen LogP contribution in [0, 0.1) is 0 Å². The summed E-state index contributed by atoms with van der Waals surface area (Å²) in [7, 11) is 0. The van der Waals surface area contributed by atoms with Crippen LogP contribution in [0.25, 0.3) is 0 Å². The first kappa shape index (κ1) is 15.5. The molecule has 0 unspecified atom stereocenters. The molecule has 6 nitrogen and oxygen atoms in total. The van der Waals surface area contributed by atoms with Gasteiger partial charge in [0.05, 0.1) is 16.8 Å². The minimum atomic E-state index is -0.322. The lowest BCUT2D eigenvalue weighted by Crippen LogP contribution is -2.51. The van der Waals surface area contributed by atoms with Crippen LogP contribution in [-0.2, 0) is 4.79 Å². The Labute approximate surface area is 127 Å². The van der Waals surface area contributed by atoms with E-state index in [1.54, 1.807) is 17.8 Å². The molecule has 1 fully saturated rings. The van der Waals surface area contributed by atoms with Gasteiger partial charge in [-0.05, 0) is 29.8 Å². The van der Waals surface area contributed by atoms with Gasteiger partial charge in [-0.2, -0.15) is 5.10 Å². The van der Waals surface area contributed by atoms with Crippen molar-refractivity contribution in [2.75, 3.05) is 32.7 Å². The molecule has 2 atom stereocenters. The molecule has 0 aromatic carbocycles. The molecule has 1 aromatic rings. The number of amides is 1. The van der Waals surface area contributed by atoms with E-state index in [4.69, 9.17) is 0 Å². The highest BCUT2D eigenvalue weighted by Gasteiger charge is 2.26. The SMILES string of the molecule is C[C@H](O)CN1CCN(C(=O)[C@H](C)n2cc(Br)cn2)CC1. The van der Waals surface area contributed by atoms with Crippen molar-refractivity contribution in [2.24, 2.45) is 0 Å². The van der Waals surface area contributed by atoms with Gasteiger partial charge in [-0.1, -0.05) is 0 Å². The Bertz CT molecular complexity index is 455. The zero-order valence-electron chi connectivity index (χ0n) is 11.9. The van der Waals surface area contributed by atoms with Crippen molar-refractivity contribution in [2.45, 2.75) is 26.0 Å². The summed E-state index contributed by atoms with van der Waals surface area (Å²) in [5.74, 6) is 0.0947. The Morgan fingerprint density at radius 3 is 2.55 bits per heavy atom. The molecule has 0 spiro atoms. The number of aliphatic hydroxyl groups is 1. The molecule has 1 aromatic heterocycles. The fourth-order valence-corrected chi connectivity index (χ4v) is 2.73. The maximum absolute atomic E-state index is 12.4. The Balaban J connectivity index is 1.88. The van der Waals surface area contributed by atoms with Gasteiger partial charge in [-0.25, -0.2) is 0 Å². The second-order valence-electron chi connectivity index (χ2n) is 5.29. The van der Waals surface area contributed by atoms with E-state index in [1.165, 1.54) is 0 Å². The molecule has 0 saturated carbocycles. The van der Waals surface area contributed by atoms with Crippen LogP contribution in [0.5, 0.6) is 0 Å². The first-order valence-electron chi connectivity index (χ1n) is 6.86. The van der Waals surface area contributed by atoms with Gasteiger partial charge < -0.3 is 10.0 Å². The number of carbonyl (C=O) groups is 1. The molecule has 0 radical (unpaired) electrons. The molecule has 0 bridgehead atoms. The number of nitrogens with zero attached hydrogens (tertiary/aromatic N) is 4. The lowest BCUT2D eigenvalue weighted by molar-refractivity contribution is -0.136. The second-order valence-corrected chi connectivity index (χ2v) is 6.21. The van der Waals surface area contributed by atoms with Gasteiger partial charge in [0, 0.05) is 38.9 Å². The van der Waals surface area contributed by atoms with Crippen LogP contribution in [0.1, 0.15) is 19.9 Å². The monoisotopic (exact) mass is 344 g/mol. The van der Waals surface area contributed by atoms with E-state index in [0.717, 1.165) is 17.6 Å². The molecule has 1 N–H and O–H groups in total. The van der Waals surface area contributed by atoms with Crippen LogP contribution >= 0.6 is 15.9 Å². The highest BCUT2D eigenvalue weighted by atomic mass is 79.9. The zero-order valence-corrected chi connectivity index (χ0v) is 13.5. The summed E-state index contributed by atoms with van der Waals surface area (Å²) in [5.41, 5.74) is 0. The van der Waals surface area contributed by atoms with Crippen molar-refractivity contribution >= 4 is 21.8 Å². The number of β-amino-alcohol motifs (C(OH)–C–C–N with tert-alkyl or cyclic N) is 1. The van der Waals surface area contributed by atoms with Crippen molar-refractivity contribution in [3.63, 3.8) is 0 Å². The van der Waals surface area contributed by atoms with E-state index in [9.17, 15) is 9.90 Å². The first-order chi connectivity index (χ1) is 9.47. The van der Waals surface area contributed by atoms with Gasteiger partial charge in [0.15, 0.2) is 0 Å². The standard InChI is InChI=1S/C13H21BrN4O2/c1-10(19)8-16-3-5-17(6-4-16)13(20)11(2)18-9-12(14)7-15-18/h7,9-11,19H,3-6,8H2,1-2H3/t10-,11-/m0/s1. The molecule has 1 aliphatic heterocycles. The summed E-state index contributed by atoms with van der Waals surface area (Å²) >= 11 is 3.34. The molecule has 20 heavy (non-hydrogen) atoms. The molecule has 0 aliphatic carbocycles. The van der Waals surface area contributed by atoms with E-state index in [-0.39, 0.29) is 18.1 Å². The van der Waals surface area contributed by atoms with Gasteiger partial charge in [0.1, 0.15) is 6.04 Å². The number of hydrogen-bond donors (Lipinski definition) is 1. The topological polar surface area (TPSA) is 61.6 Å². The number of aromatic nitrogens is 2. The number of rotatable bonds is 4. The van der Waals surface area contributed by atoms with Crippen LogP contribution < -0.4 is 0 Å². The lowest BCUT2D eigenvalue weighted by Gasteiger charge is -2.36. The summed E-state index contributed by atoms with van der Waals surface area (Å²) < 4.78 is 2.55. The molecular weight excluding hydrogens is 324 g/mol. The van der Waals surface area contributed by atoms with Gasteiger partial charge in [-0.15, -0.1) is 0 Å². The van der Waals surface area contributed by atoms with Gasteiger partial charge in [-0.3, -0.25) is 14.4 Å². The minimum absolute atomic E-state index is 0.0947. The Morgan fingerprint density at radius 1 is 1.40 bits per heavy atom. The Kier molecular flexibility index (Phi) is 5.17. The maximum Gasteiger partial charge on any atom is 0.247 e. The van der Waals surface area contributed by atoms with Crippen LogP contribution in [0.15, 0.2) is 16.9 Å².